The van der Waals surface area contributed by atoms with Gasteiger partial charge in [0.1, 0.15) is 24.6 Å². The Morgan fingerprint density at radius 3 is 1.79 bits per heavy atom. The van der Waals surface area contributed by atoms with Crippen molar-refractivity contribution in [3.63, 3.8) is 0 Å². The highest BCUT2D eigenvalue weighted by molar-refractivity contribution is 9.10. The molecule has 2 aliphatic heterocycles. The van der Waals surface area contributed by atoms with Crippen molar-refractivity contribution in [3.05, 3.63) is 129 Å². The van der Waals surface area contributed by atoms with Crippen molar-refractivity contribution in [2.75, 3.05) is 13.1 Å². The van der Waals surface area contributed by atoms with E-state index < -0.39 is 7.25 Å². The molecule has 1 aliphatic carbocycles. The van der Waals surface area contributed by atoms with E-state index in [4.69, 9.17) is 4.74 Å². The molecular formula is C30H26BBr2F4NO. The zero-order valence-electron chi connectivity index (χ0n) is 21.0. The fourth-order valence-corrected chi connectivity index (χ4v) is 4.82. The molecular weight excluding hydrogens is 637 g/mol. The van der Waals surface area contributed by atoms with Gasteiger partial charge in [0.05, 0.1) is 0 Å². The lowest BCUT2D eigenvalue weighted by atomic mass is 10.0. The minimum atomic E-state index is -6.00. The monoisotopic (exact) mass is 661 g/mol. The van der Waals surface area contributed by atoms with Gasteiger partial charge in [0, 0.05) is 39.5 Å². The molecule has 0 radical (unpaired) electrons. The summed E-state index contributed by atoms with van der Waals surface area (Å²) in [5.41, 5.74) is 5.80. The van der Waals surface area contributed by atoms with Crippen LogP contribution in [0.15, 0.2) is 117 Å². The van der Waals surface area contributed by atoms with Crippen LogP contribution in [0.25, 0.3) is 11.3 Å². The molecule has 0 saturated carbocycles. The lowest BCUT2D eigenvalue weighted by Crippen LogP contribution is -2.25. The summed E-state index contributed by atoms with van der Waals surface area (Å²) < 4.78 is 49.9. The molecule has 0 aromatic heterocycles. The van der Waals surface area contributed by atoms with Gasteiger partial charge in [-0.2, -0.15) is 0 Å². The van der Waals surface area contributed by atoms with E-state index in [9.17, 15) is 17.3 Å². The molecule has 1 fully saturated rings. The van der Waals surface area contributed by atoms with E-state index in [0.717, 1.165) is 55.8 Å². The van der Waals surface area contributed by atoms with Crippen molar-refractivity contribution in [1.82, 2.24) is 0 Å². The van der Waals surface area contributed by atoms with Crippen LogP contribution in [-0.4, -0.2) is 30.6 Å². The lowest BCUT2D eigenvalue weighted by molar-refractivity contribution is -0.535. The highest BCUT2D eigenvalue weighted by atomic mass is 79.9. The van der Waals surface area contributed by atoms with E-state index in [1.165, 1.54) is 25.0 Å². The molecule has 2 aromatic carbocycles. The quantitative estimate of drug-likeness (QED) is 0.181. The maximum absolute atomic E-state index is 9.75. The molecule has 2 heterocycles. The molecule has 3 aliphatic rings. The predicted molar refractivity (Wildman–Crippen MR) is 159 cm³/mol. The number of halogens is 6. The molecule has 0 unspecified atom stereocenters. The highest BCUT2D eigenvalue weighted by Crippen LogP contribution is 2.33. The molecule has 0 N–H and O–H groups in total. The molecule has 0 spiro atoms. The molecule has 5 rings (SSSR count). The number of piperidine rings is 1. The zero-order valence-corrected chi connectivity index (χ0v) is 24.1. The van der Waals surface area contributed by atoms with Crippen LogP contribution in [0.3, 0.4) is 0 Å². The first-order valence-electron chi connectivity index (χ1n) is 12.5. The van der Waals surface area contributed by atoms with Gasteiger partial charge < -0.3 is 22.0 Å². The van der Waals surface area contributed by atoms with Crippen molar-refractivity contribution in [1.29, 1.82) is 0 Å². The summed E-state index contributed by atoms with van der Waals surface area (Å²) in [4.78, 5) is 0. The third-order valence-electron chi connectivity index (χ3n) is 6.17. The Hall–Kier alpha value is -2.91. The van der Waals surface area contributed by atoms with Crippen LogP contribution in [-0.2, 0) is 4.74 Å². The molecule has 39 heavy (non-hydrogen) atoms. The van der Waals surface area contributed by atoms with E-state index in [1.54, 1.807) is 0 Å². The lowest BCUT2D eigenvalue weighted by Gasteiger charge is -2.18. The number of hydrogen-bond donors (Lipinski definition) is 0. The summed E-state index contributed by atoms with van der Waals surface area (Å²) >= 11 is 7.06. The average Bonchev–Trinajstić information content (AvgIpc) is 2.92. The van der Waals surface area contributed by atoms with Gasteiger partial charge in [-0.25, -0.2) is 4.58 Å². The first-order chi connectivity index (χ1) is 18.6. The maximum atomic E-state index is 9.75. The van der Waals surface area contributed by atoms with Gasteiger partial charge in [0.25, 0.3) is 0 Å². The largest absolute Gasteiger partial charge is 0.673 e. The number of ether oxygens (including phenoxy) is 1. The maximum Gasteiger partial charge on any atom is 0.673 e. The van der Waals surface area contributed by atoms with Crippen molar-refractivity contribution in [2.45, 2.75) is 19.3 Å². The molecule has 0 amide bonds. The number of allylic oxidation sites excluding steroid dienone is 10. The molecule has 9 heteroatoms. The van der Waals surface area contributed by atoms with E-state index in [-0.39, 0.29) is 0 Å². The standard InChI is InChI=1S/C30H26Br2NO.BF4/c31-26-11-7-23(8-12-26)25-20-29(34-30(21-25)24-9-13-27(32)14-10-24)17-6-22-4-15-28(16-5-22)33-18-2-1-3-19-33;2-1(3,4)5/h4-17,20-21H,1-3,18-19H2;/q+1;-1/b29-17+;. The second-order valence-corrected chi connectivity index (χ2v) is 10.9. The summed E-state index contributed by atoms with van der Waals surface area (Å²) in [7, 11) is -6.00. The second kappa shape index (κ2) is 13.4. The van der Waals surface area contributed by atoms with E-state index in [1.807, 2.05) is 12.1 Å². The van der Waals surface area contributed by atoms with Gasteiger partial charge in [-0.15, -0.1) is 0 Å². The van der Waals surface area contributed by atoms with Crippen molar-refractivity contribution in [3.8, 4) is 0 Å². The summed E-state index contributed by atoms with van der Waals surface area (Å²) in [5.74, 6) is 1.66. The topological polar surface area (TPSA) is 12.2 Å². The van der Waals surface area contributed by atoms with Gasteiger partial charge in [-0.1, -0.05) is 62.2 Å². The Balaban J connectivity index is 0.000000648. The van der Waals surface area contributed by atoms with Gasteiger partial charge >= 0.3 is 7.25 Å². The van der Waals surface area contributed by atoms with E-state index in [0.29, 0.717) is 0 Å². The Morgan fingerprint density at radius 1 is 0.692 bits per heavy atom. The van der Waals surface area contributed by atoms with Crippen molar-refractivity contribution < 1.29 is 26.6 Å². The molecule has 2 nitrogen and oxygen atoms in total. The minimum absolute atomic E-state index is 0.818. The summed E-state index contributed by atoms with van der Waals surface area (Å²) in [6, 6.07) is 16.6. The second-order valence-electron chi connectivity index (χ2n) is 9.09. The average molecular weight is 663 g/mol. The first kappa shape index (κ1) is 29.1. The fourth-order valence-electron chi connectivity index (χ4n) is 4.30. The summed E-state index contributed by atoms with van der Waals surface area (Å²) in [6.45, 7) is 2.32. The molecule has 0 bridgehead atoms. The number of nitrogens with zero attached hydrogens (tertiary/aromatic N) is 1. The molecule has 1 saturated heterocycles. The predicted octanol–water partition coefficient (Wildman–Crippen LogP) is 9.54. The number of hydrogen-bond acceptors (Lipinski definition) is 1. The van der Waals surface area contributed by atoms with Crippen LogP contribution in [0.2, 0.25) is 0 Å². The van der Waals surface area contributed by atoms with E-state index in [2.05, 4.69) is 121 Å². The number of rotatable bonds is 3. The van der Waals surface area contributed by atoms with Crippen LogP contribution >= 0.6 is 31.9 Å². The van der Waals surface area contributed by atoms with Crippen LogP contribution in [0.4, 0.5) is 17.3 Å². The zero-order chi connectivity index (χ0) is 27.8. The third kappa shape index (κ3) is 9.36. The Bertz CT molecular complexity index is 1370. The third-order valence-corrected chi connectivity index (χ3v) is 7.23. The van der Waals surface area contributed by atoms with Crippen LogP contribution in [0.1, 0.15) is 30.4 Å². The van der Waals surface area contributed by atoms with Gasteiger partial charge in [-0.05, 0) is 77.8 Å². The van der Waals surface area contributed by atoms with Gasteiger partial charge in [-0.3, -0.25) is 0 Å². The van der Waals surface area contributed by atoms with Crippen LogP contribution < -0.4 is 0 Å². The van der Waals surface area contributed by atoms with Gasteiger partial charge in [0.2, 0.25) is 0 Å². The number of benzene rings is 2. The van der Waals surface area contributed by atoms with E-state index >= 15 is 0 Å². The normalized spacial score (nSPS) is 18.2. The Labute approximate surface area is 242 Å². The molecule has 0 atom stereocenters. The highest BCUT2D eigenvalue weighted by Gasteiger charge is 2.20. The van der Waals surface area contributed by atoms with Crippen LogP contribution in [0, 0.1) is 0 Å². The SMILES string of the molecule is Brc1ccc(C2=C/C(=C\C=C3C=CC(=[N+]4CCCCC4)C=C3)OC(c3ccc(Br)cc3)=C2)cc1.F[B-](F)(F)F. The van der Waals surface area contributed by atoms with Crippen LogP contribution in [0.5, 0.6) is 0 Å². The fraction of sp³-hybridized carbons (Fsp3) is 0.167. The molecule has 202 valence electrons. The first-order valence-corrected chi connectivity index (χ1v) is 14.1. The summed E-state index contributed by atoms with van der Waals surface area (Å²) in [5, 5.41) is 0. The smallest absolute Gasteiger partial charge is 0.457 e. The Morgan fingerprint density at radius 2 is 1.23 bits per heavy atom. The Kier molecular flexibility index (Phi) is 10.0. The summed E-state index contributed by atoms with van der Waals surface area (Å²) in [6.07, 6.45) is 21.2. The van der Waals surface area contributed by atoms with Gasteiger partial charge in [0.15, 0.2) is 5.71 Å². The molecule has 2 aromatic rings. The minimum Gasteiger partial charge on any atom is -0.457 e. The van der Waals surface area contributed by atoms with Crippen molar-refractivity contribution >= 4 is 56.2 Å². The van der Waals surface area contributed by atoms with Crippen molar-refractivity contribution in [2.24, 2.45) is 0 Å².